The zero-order valence-electron chi connectivity index (χ0n) is 9.45. The van der Waals surface area contributed by atoms with Gasteiger partial charge in [0.2, 0.25) is 0 Å². The Morgan fingerprint density at radius 2 is 1.79 bits per heavy atom. The molecule has 0 spiro atoms. The van der Waals surface area contributed by atoms with Crippen LogP contribution < -0.4 is 4.90 Å². The Hall–Kier alpha value is -2.71. The molecule has 1 aromatic rings. The molecule has 2 N–H and O–H groups in total. The second-order valence-electron chi connectivity index (χ2n) is 3.54. The molecule has 0 amide bonds. The molecule has 1 rings (SSSR count). The van der Waals surface area contributed by atoms with Crippen molar-refractivity contribution < 1.29 is 29.1 Å². The first-order chi connectivity index (χ1) is 8.81. The van der Waals surface area contributed by atoms with E-state index in [9.17, 15) is 24.1 Å². The highest BCUT2D eigenvalue weighted by atomic mass is 19.1. The third-order valence-electron chi connectivity index (χ3n) is 2.14. The largest absolute Gasteiger partial charge is 0.480 e. The summed E-state index contributed by atoms with van der Waals surface area (Å²) in [6.07, 6.45) is 0. The van der Waals surface area contributed by atoms with Crippen LogP contribution in [0.5, 0.6) is 0 Å². The van der Waals surface area contributed by atoms with Crippen LogP contribution >= 0.6 is 0 Å². The van der Waals surface area contributed by atoms with Gasteiger partial charge < -0.3 is 15.1 Å². The summed E-state index contributed by atoms with van der Waals surface area (Å²) >= 11 is 0. The molecule has 0 heterocycles. The predicted molar refractivity (Wildman–Crippen MR) is 60.5 cm³/mol. The van der Waals surface area contributed by atoms with Crippen molar-refractivity contribution in [1.29, 1.82) is 0 Å². The van der Waals surface area contributed by atoms with Crippen molar-refractivity contribution in [3.8, 4) is 0 Å². The highest BCUT2D eigenvalue weighted by molar-refractivity contribution is 5.79. The summed E-state index contributed by atoms with van der Waals surface area (Å²) < 4.78 is 13.6. The fourth-order valence-electron chi connectivity index (χ4n) is 1.42. The lowest BCUT2D eigenvalue weighted by Crippen LogP contribution is -2.35. The summed E-state index contributed by atoms with van der Waals surface area (Å²) in [5.74, 6) is -3.75. The maximum atomic E-state index is 13.6. The van der Waals surface area contributed by atoms with Crippen LogP contribution in [0.4, 0.5) is 15.8 Å². The van der Waals surface area contributed by atoms with Crippen molar-refractivity contribution >= 4 is 23.3 Å². The van der Waals surface area contributed by atoms with E-state index in [1.165, 1.54) is 0 Å². The Balaban J connectivity index is 3.11. The van der Waals surface area contributed by atoms with Crippen molar-refractivity contribution in [2.24, 2.45) is 0 Å². The van der Waals surface area contributed by atoms with Crippen molar-refractivity contribution in [1.82, 2.24) is 0 Å². The lowest BCUT2D eigenvalue weighted by Gasteiger charge is -2.20. The van der Waals surface area contributed by atoms with Crippen molar-refractivity contribution in [2.45, 2.75) is 0 Å². The SMILES string of the molecule is O=C(O)CN(CC(=O)O)c1ccc([N+](=O)[O-])cc1F. The van der Waals surface area contributed by atoms with E-state index in [-0.39, 0.29) is 5.69 Å². The zero-order valence-corrected chi connectivity index (χ0v) is 9.45. The average molecular weight is 272 g/mol. The number of nitro groups is 1. The number of carboxylic acid groups (broad SMARTS) is 2. The van der Waals surface area contributed by atoms with Gasteiger partial charge in [-0.2, -0.15) is 0 Å². The van der Waals surface area contributed by atoms with Gasteiger partial charge in [-0.05, 0) is 6.07 Å². The van der Waals surface area contributed by atoms with Crippen LogP contribution in [0, 0.1) is 15.9 Å². The van der Waals surface area contributed by atoms with E-state index in [0.717, 1.165) is 17.0 Å². The molecule has 0 saturated carbocycles. The number of benzene rings is 1. The van der Waals surface area contributed by atoms with Crippen molar-refractivity contribution in [3.63, 3.8) is 0 Å². The minimum Gasteiger partial charge on any atom is -0.480 e. The lowest BCUT2D eigenvalue weighted by atomic mass is 10.2. The van der Waals surface area contributed by atoms with Gasteiger partial charge in [0, 0.05) is 6.07 Å². The van der Waals surface area contributed by atoms with Gasteiger partial charge in [0.25, 0.3) is 5.69 Å². The van der Waals surface area contributed by atoms with Gasteiger partial charge >= 0.3 is 11.9 Å². The summed E-state index contributed by atoms with van der Waals surface area (Å²) in [6, 6.07) is 2.54. The molecule has 0 aliphatic rings. The van der Waals surface area contributed by atoms with E-state index in [2.05, 4.69) is 0 Å². The second-order valence-corrected chi connectivity index (χ2v) is 3.54. The Labute approximate surface area is 105 Å². The Morgan fingerprint density at radius 3 is 2.16 bits per heavy atom. The Kier molecular flexibility index (Phi) is 4.35. The molecule has 0 fully saturated rings. The number of nitro benzene ring substituents is 1. The molecule has 0 radical (unpaired) electrons. The van der Waals surface area contributed by atoms with E-state index in [4.69, 9.17) is 10.2 Å². The molecule has 19 heavy (non-hydrogen) atoms. The summed E-state index contributed by atoms with van der Waals surface area (Å²) in [5.41, 5.74) is -0.831. The van der Waals surface area contributed by atoms with Gasteiger partial charge in [0.15, 0.2) is 5.82 Å². The minimum atomic E-state index is -1.35. The maximum absolute atomic E-state index is 13.6. The molecule has 0 aromatic heterocycles. The number of halogens is 1. The summed E-state index contributed by atoms with van der Waals surface area (Å²) in [5, 5.41) is 27.7. The number of non-ortho nitro benzene ring substituents is 1. The number of carbonyl (C=O) groups is 2. The zero-order chi connectivity index (χ0) is 14.6. The highest BCUT2D eigenvalue weighted by Gasteiger charge is 2.19. The van der Waals surface area contributed by atoms with E-state index < -0.39 is 41.5 Å². The third-order valence-corrected chi connectivity index (χ3v) is 2.14. The molecule has 0 bridgehead atoms. The maximum Gasteiger partial charge on any atom is 0.323 e. The monoisotopic (exact) mass is 272 g/mol. The van der Waals surface area contributed by atoms with E-state index in [1.54, 1.807) is 0 Å². The number of aliphatic carboxylic acids is 2. The molecule has 0 aliphatic carbocycles. The number of hydrogen-bond acceptors (Lipinski definition) is 5. The first kappa shape index (κ1) is 14.4. The van der Waals surface area contributed by atoms with Crippen molar-refractivity contribution in [2.75, 3.05) is 18.0 Å². The van der Waals surface area contributed by atoms with Gasteiger partial charge in [-0.1, -0.05) is 0 Å². The number of hydrogen-bond donors (Lipinski definition) is 2. The van der Waals surface area contributed by atoms with Gasteiger partial charge in [-0.3, -0.25) is 19.7 Å². The summed E-state index contributed by atoms with van der Waals surface area (Å²) in [7, 11) is 0. The topological polar surface area (TPSA) is 121 Å². The second kappa shape index (κ2) is 5.76. The van der Waals surface area contributed by atoms with Gasteiger partial charge in [0.1, 0.15) is 13.1 Å². The number of rotatable bonds is 6. The average Bonchev–Trinajstić information content (AvgIpc) is 2.26. The van der Waals surface area contributed by atoms with E-state index >= 15 is 0 Å². The fourth-order valence-corrected chi connectivity index (χ4v) is 1.42. The first-order valence-corrected chi connectivity index (χ1v) is 4.93. The Morgan fingerprint density at radius 1 is 1.26 bits per heavy atom. The van der Waals surface area contributed by atoms with Gasteiger partial charge in [-0.15, -0.1) is 0 Å². The summed E-state index contributed by atoms with van der Waals surface area (Å²) in [6.45, 7) is -1.47. The smallest absolute Gasteiger partial charge is 0.323 e. The van der Waals surface area contributed by atoms with Crippen molar-refractivity contribution in [3.05, 3.63) is 34.1 Å². The molecule has 0 unspecified atom stereocenters. The standard InChI is InChI=1S/C10H9FN2O6/c11-7-3-6(13(18)19)1-2-8(7)12(4-9(14)15)5-10(16)17/h1-3H,4-5H2,(H,14,15)(H,16,17). The van der Waals surface area contributed by atoms with Gasteiger partial charge in [0.05, 0.1) is 16.7 Å². The normalized spacial score (nSPS) is 9.95. The van der Waals surface area contributed by atoms with Crippen LogP contribution in [0.3, 0.4) is 0 Å². The molecular weight excluding hydrogens is 263 g/mol. The predicted octanol–water partition coefficient (Wildman–Crippen LogP) is 0.710. The van der Waals surface area contributed by atoms with Crippen LogP contribution in [0.15, 0.2) is 18.2 Å². The fraction of sp³-hybridized carbons (Fsp3) is 0.200. The molecule has 0 aliphatic heterocycles. The molecular formula is C10H9FN2O6. The molecule has 102 valence electrons. The molecule has 0 saturated heterocycles. The minimum absolute atomic E-state index is 0.324. The molecule has 1 aromatic carbocycles. The van der Waals surface area contributed by atoms with Crippen LogP contribution in [0.2, 0.25) is 0 Å². The van der Waals surface area contributed by atoms with E-state index in [0.29, 0.717) is 6.07 Å². The number of nitrogens with zero attached hydrogens (tertiary/aromatic N) is 2. The molecule has 0 atom stereocenters. The van der Waals surface area contributed by atoms with Crippen LogP contribution in [0.1, 0.15) is 0 Å². The Bertz CT molecular complexity index is 517. The van der Waals surface area contributed by atoms with Crippen LogP contribution in [-0.4, -0.2) is 40.2 Å². The van der Waals surface area contributed by atoms with Crippen LogP contribution in [0.25, 0.3) is 0 Å². The third kappa shape index (κ3) is 3.91. The quantitative estimate of drug-likeness (QED) is 0.577. The lowest BCUT2D eigenvalue weighted by molar-refractivity contribution is -0.385. The van der Waals surface area contributed by atoms with Crippen LogP contribution in [-0.2, 0) is 9.59 Å². The van der Waals surface area contributed by atoms with E-state index in [1.807, 2.05) is 0 Å². The number of anilines is 1. The molecule has 8 nitrogen and oxygen atoms in total. The molecule has 9 heteroatoms. The first-order valence-electron chi connectivity index (χ1n) is 4.93. The highest BCUT2D eigenvalue weighted by Crippen LogP contribution is 2.23. The number of carboxylic acids is 2. The summed E-state index contributed by atoms with van der Waals surface area (Å²) in [4.78, 5) is 31.5. The van der Waals surface area contributed by atoms with Gasteiger partial charge in [-0.25, -0.2) is 4.39 Å².